The first-order valence-electron chi connectivity index (χ1n) is 6.15. The maximum atomic E-state index is 12.2. The average molecular weight is 312 g/mol. The van der Waals surface area contributed by atoms with Crippen molar-refractivity contribution < 1.29 is 22.3 Å². The van der Waals surface area contributed by atoms with Crippen LogP contribution in [0.15, 0.2) is 40.2 Å². The Morgan fingerprint density at radius 1 is 1.24 bits per heavy atom. The summed E-state index contributed by atoms with van der Waals surface area (Å²) in [5.74, 6) is 0.830. The van der Waals surface area contributed by atoms with Crippen molar-refractivity contribution >= 4 is 10.0 Å². The number of nitrogens with one attached hydrogen (secondary N) is 1. The standard InChI is InChI=1S/C13H16N2O5S/c1-18-12-4-3-11(7-13(12)19-2)21(16,17)15-6-5-10-8-20-9-14-10/h3-4,7-9,15H,5-6H2,1-2H3. The highest BCUT2D eigenvalue weighted by Gasteiger charge is 2.16. The molecule has 21 heavy (non-hydrogen) atoms. The van der Waals surface area contributed by atoms with Crippen LogP contribution in [0.2, 0.25) is 0 Å². The van der Waals surface area contributed by atoms with E-state index in [4.69, 9.17) is 13.9 Å². The summed E-state index contributed by atoms with van der Waals surface area (Å²) in [7, 11) is -0.676. The topological polar surface area (TPSA) is 90.7 Å². The zero-order chi connectivity index (χ0) is 15.3. The fourth-order valence-electron chi connectivity index (χ4n) is 1.74. The lowest BCUT2D eigenvalue weighted by molar-refractivity contribution is 0.354. The zero-order valence-corrected chi connectivity index (χ0v) is 12.5. The molecule has 8 heteroatoms. The van der Waals surface area contributed by atoms with Gasteiger partial charge in [0.25, 0.3) is 0 Å². The second-order valence-electron chi connectivity index (χ2n) is 4.14. The minimum atomic E-state index is -3.62. The Hall–Kier alpha value is -2.06. The lowest BCUT2D eigenvalue weighted by atomic mass is 10.3. The highest BCUT2D eigenvalue weighted by atomic mass is 32.2. The summed E-state index contributed by atoms with van der Waals surface area (Å²) in [6, 6.07) is 4.42. The molecule has 0 saturated heterocycles. The van der Waals surface area contributed by atoms with Crippen molar-refractivity contribution in [1.29, 1.82) is 0 Å². The van der Waals surface area contributed by atoms with E-state index in [9.17, 15) is 8.42 Å². The lowest BCUT2D eigenvalue weighted by Gasteiger charge is -2.10. The molecule has 1 aromatic carbocycles. The van der Waals surface area contributed by atoms with E-state index in [1.54, 1.807) is 6.07 Å². The first kappa shape index (κ1) is 15.3. The maximum absolute atomic E-state index is 12.2. The third kappa shape index (κ3) is 3.73. The Kier molecular flexibility index (Phi) is 4.81. The van der Waals surface area contributed by atoms with Crippen molar-refractivity contribution in [3.8, 4) is 11.5 Å². The van der Waals surface area contributed by atoms with Crippen molar-refractivity contribution in [2.24, 2.45) is 0 Å². The SMILES string of the molecule is COc1ccc(S(=O)(=O)NCCc2cocn2)cc1OC. The van der Waals surface area contributed by atoms with Gasteiger partial charge in [0.2, 0.25) is 10.0 Å². The molecule has 2 aromatic rings. The molecule has 0 fully saturated rings. The number of methoxy groups -OCH3 is 2. The number of oxazole rings is 1. The molecule has 0 aliphatic heterocycles. The third-order valence-electron chi connectivity index (χ3n) is 2.82. The Morgan fingerprint density at radius 3 is 2.62 bits per heavy atom. The number of hydrogen-bond donors (Lipinski definition) is 1. The van der Waals surface area contributed by atoms with Crippen molar-refractivity contribution in [3.05, 3.63) is 36.5 Å². The van der Waals surface area contributed by atoms with Gasteiger partial charge in [0, 0.05) is 19.0 Å². The van der Waals surface area contributed by atoms with Crippen LogP contribution in [0.4, 0.5) is 0 Å². The molecule has 0 amide bonds. The summed E-state index contributed by atoms with van der Waals surface area (Å²) in [5, 5.41) is 0. The summed E-state index contributed by atoms with van der Waals surface area (Å²) in [6.45, 7) is 0.225. The molecular weight excluding hydrogens is 296 g/mol. The van der Waals surface area contributed by atoms with Crippen LogP contribution in [-0.4, -0.2) is 34.2 Å². The second kappa shape index (κ2) is 6.59. The molecule has 2 rings (SSSR count). The summed E-state index contributed by atoms with van der Waals surface area (Å²) in [4.78, 5) is 4.03. The van der Waals surface area contributed by atoms with Gasteiger partial charge in [-0.1, -0.05) is 0 Å². The molecule has 0 atom stereocenters. The summed E-state index contributed by atoms with van der Waals surface area (Å²) < 4.78 is 41.8. The van der Waals surface area contributed by atoms with E-state index in [1.165, 1.54) is 39.0 Å². The fraction of sp³-hybridized carbons (Fsp3) is 0.308. The van der Waals surface area contributed by atoms with Crippen LogP contribution in [0, 0.1) is 0 Å². The predicted molar refractivity (Wildman–Crippen MR) is 74.9 cm³/mol. The van der Waals surface area contributed by atoms with Gasteiger partial charge in [0.05, 0.1) is 24.8 Å². The van der Waals surface area contributed by atoms with Gasteiger partial charge in [0.1, 0.15) is 6.26 Å². The lowest BCUT2D eigenvalue weighted by Crippen LogP contribution is -2.26. The predicted octanol–water partition coefficient (Wildman–Crippen LogP) is 1.21. The van der Waals surface area contributed by atoms with Crippen molar-refractivity contribution in [2.45, 2.75) is 11.3 Å². The zero-order valence-electron chi connectivity index (χ0n) is 11.7. The number of benzene rings is 1. The number of aromatic nitrogens is 1. The van der Waals surface area contributed by atoms with Crippen LogP contribution in [0.3, 0.4) is 0 Å². The number of rotatable bonds is 7. The van der Waals surface area contributed by atoms with Crippen LogP contribution in [0.5, 0.6) is 11.5 Å². The second-order valence-corrected chi connectivity index (χ2v) is 5.91. The number of hydrogen-bond acceptors (Lipinski definition) is 6. The molecule has 1 heterocycles. The van der Waals surface area contributed by atoms with Crippen LogP contribution in [0.25, 0.3) is 0 Å². The molecule has 0 bridgehead atoms. The largest absolute Gasteiger partial charge is 0.493 e. The van der Waals surface area contributed by atoms with Crippen molar-refractivity contribution in [2.75, 3.05) is 20.8 Å². The molecular formula is C13H16N2O5S. The third-order valence-corrected chi connectivity index (χ3v) is 4.28. The molecule has 0 saturated carbocycles. The number of nitrogens with zero attached hydrogens (tertiary/aromatic N) is 1. The van der Waals surface area contributed by atoms with Gasteiger partial charge in [-0.3, -0.25) is 0 Å². The van der Waals surface area contributed by atoms with Crippen LogP contribution < -0.4 is 14.2 Å². The number of ether oxygens (including phenoxy) is 2. The van der Waals surface area contributed by atoms with E-state index in [1.807, 2.05) is 0 Å². The van der Waals surface area contributed by atoms with E-state index in [0.29, 0.717) is 23.6 Å². The molecule has 1 N–H and O–H groups in total. The Balaban J connectivity index is 2.08. The fourth-order valence-corrected chi connectivity index (χ4v) is 2.79. The van der Waals surface area contributed by atoms with Gasteiger partial charge >= 0.3 is 0 Å². The normalized spacial score (nSPS) is 11.3. The Bertz CT molecular complexity index is 683. The maximum Gasteiger partial charge on any atom is 0.240 e. The van der Waals surface area contributed by atoms with Crippen molar-refractivity contribution in [3.63, 3.8) is 0 Å². The van der Waals surface area contributed by atoms with Gasteiger partial charge in [-0.05, 0) is 12.1 Å². The van der Waals surface area contributed by atoms with Gasteiger partial charge < -0.3 is 13.9 Å². The number of sulfonamides is 1. The van der Waals surface area contributed by atoms with Gasteiger partial charge in [-0.2, -0.15) is 0 Å². The minimum Gasteiger partial charge on any atom is -0.493 e. The highest BCUT2D eigenvalue weighted by Crippen LogP contribution is 2.29. The molecule has 7 nitrogen and oxygen atoms in total. The first-order valence-corrected chi connectivity index (χ1v) is 7.64. The summed E-state index contributed by atoms with van der Waals surface area (Å²) >= 11 is 0. The molecule has 114 valence electrons. The summed E-state index contributed by atoms with van der Waals surface area (Å²) in [5.41, 5.74) is 0.685. The average Bonchev–Trinajstić information content (AvgIpc) is 2.99. The van der Waals surface area contributed by atoms with Crippen LogP contribution in [0.1, 0.15) is 5.69 Å². The van der Waals surface area contributed by atoms with E-state index < -0.39 is 10.0 Å². The Morgan fingerprint density at radius 2 is 2.00 bits per heavy atom. The summed E-state index contributed by atoms with van der Waals surface area (Å²) in [6.07, 6.45) is 3.23. The van der Waals surface area contributed by atoms with E-state index >= 15 is 0 Å². The van der Waals surface area contributed by atoms with Crippen molar-refractivity contribution in [1.82, 2.24) is 9.71 Å². The van der Waals surface area contributed by atoms with E-state index in [-0.39, 0.29) is 11.4 Å². The highest BCUT2D eigenvalue weighted by molar-refractivity contribution is 7.89. The van der Waals surface area contributed by atoms with Gasteiger partial charge in [-0.25, -0.2) is 18.1 Å². The molecule has 0 radical (unpaired) electrons. The molecule has 0 aliphatic carbocycles. The molecule has 1 aromatic heterocycles. The van der Waals surface area contributed by atoms with Crippen LogP contribution in [-0.2, 0) is 16.4 Å². The van der Waals surface area contributed by atoms with Gasteiger partial charge in [-0.15, -0.1) is 0 Å². The monoisotopic (exact) mass is 312 g/mol. The smallest absolute Gasteiger partial charge is 0.240 e. The van der Waals surface area contributed by atoms with E-state index in [2.05, 4.69) is 9.71 Å². The molecule has 0 aliphatic rings. The quantitative estimate of drug-likeness (QED) is 0.826. The Labute approximate surface area is 122 Å². The minimum absolute atomic E-state index is 0.111. The van der Waals surface area contributed by atoms with Gasteiger partial charge in [0.15, 0.2) is 17.9 Å². The first-order chi connectivity index (χ1) is 10.1. The molecule has 0 unspecified atom stereocenters. The van der Waals surface area contributed by atoms with E-state index in [0.717, 1.165) is 0 Å². The molecule has 0 spiro atoms. The van der Waals surface area contributed by atoms with Crippen LogP contribution >= 0.6 is 0 Å².